The molecule has 0 saturated heterocycles. The molecule has 13 heavy (non-hydrogen) atoms. The van der Waals surface area contributed by atoms with E-state index in [1.807, 2.05) is 0 Å². The molecule has 3 spiro atoms. The third-order valence-electron chi connectivity index (χ3n) is 6.17. The van der Waals surface area contributed by atoms with Gasteiger partial charge in [-0.3, -0.25) is 0 Å². The molecule has 3 atom stereocenters. The largest absolute Gasteiger partial charge is 0.0651 e. The third kappa shape index (κ3) is 0.680. The smallest absolute Gasteiger partial charge is 0.0230 e. The maximum atomic E-state index is 2.39. The summed E-state index contributed by atoms with van der Waals surface area (Å²) in [6.07, 6.45) is 12.8. The summed E-state index contributed by atoms with van der Waals surface area (Å²) in [5.74, 6) is 1.14. The van der Waals surface area contributed by atoms with Crippen LogP contribution in [0.1, 0.15) is 58.3 Å². The van der Waals surface area contributed by atoms with Gasteiger partial charge in [-0.05, 0) is 67.1 Å². The van der Waals surface area contributed by atoms with Crippen LogP contribution in [0.5, 0.6) is 0 Å². The molecule has 0 amide bonds. The normalized spacial score (nSPS) is 59.3. The molecule has 4 fully saturated rings. The molecule has 72 valence electrons. The lowest BCUT2D eigenvalue weighted by molar-refractivity contribution is 0.395. The van der Waals surface area contributed by atoms with Crippen molar-refractivity contribution >= 4 is 0 Å². The minimum atomic E-state index is 0.904. The zero-order chi connectivity index (χ0) is 8.73. The Morgan fingerprint density at radius 1 is 1.00 bits per heavy atom. The number of hydrogen-bond acceptors (Lipinski definition) is 0. The van der Waals surface area contributed by atoms with Gasteiger partial charge in [0.2, 0.25) is 0 Å². The molecule has 0 aliphatic heterocycles. The van der Waals surface area contributed by atoms with Gasteiger partial charge in [-0.1, -0.05) is 13.3 Å². The molecule has 4 aliphatic carbocycles. The third-order valence-corrected chi connectivity index (χ3v) is 6.17. The van der Waals surface area contributed by atoms with Crippen LogP contribution in [-0.2, 0) is 0 Å². The average molecular weight is 176 g/mol. The standard InChI is InChI=1S/C13H20/c1-2-10-7-11(10)3-4-13(8-11)9-12(13)5-6-12/h10H,2-9H2,1H3. The zero-order valence-corrected chi connectivity index (χ0v) is 8.73. The molecule has 0 aromatic rings. The van der Waals surface area contributed by atoms with Crippen molar-refractivity contribution in [1.29, 1.82) is 0 Å². The van der Waals surface area contributed by atoms with Gasteiger partial charge in [0.25, 0.3) is 0 Å². The first kappa shape index (κ1) is 7.31. The summed E-state index contributed by atoms with van der Waals surface area (Å²) in [7, 11) is 0. The van der Waals surface area contributed by atoms with Gasteiger partial charge < -0.3 is 0 Å². The van der Waals surface area contributed by atoms with Crippen LogP contribution >= 0.6 is 0 Å². The van der Waals surface area contributed by atoms with Crippen molar-refractivity contribution in [1.82, 2.24) is 0 Å². The van der Waals surface area contributed by atoms with Crippen LogP contribution in [0.4, 0.5) is 0 Å². The van der Waals surface area contributed by atoms with Crippen molar-refractivity contribution in [3.8, 4) is 0 Å². The van der Waals surface area contributed by atoms with Crippen LogP contribution in [0.2, 0.25) is 0 Å². The van der Waals surface area contributed by atoms with Crippen molar-refractivity contribution in [3.05, 3.63) is 0 Å². The molecule has 3 unspecified atom stereocenters. The van der Waals surface area contributed by atoms with Gasteiger partial charge in [0.15, 0.2) is 0 Å². The highest BCUT2D eigenvalue weighted by molar-refractivity contribution is 5.28. The van der Waals surface area contributed by atoms with E-state index in [0.29, 0.717) is 0 Å². The Morgan fingerprint density at radius 3 is 2.31 bits per heavy atom. The van der Waals surface area contributed by atoms with Gasteiger partial charge in [-0.2, -0.15) is 0 Å². The molecular formula is C13H20. The van der Waals surface area contributed by atoms with Gasteiger partial charge in [-0.25, -0.2) is 0 Å². The molecule has 4 saturated carbocycles. The molecule has 0 bridgehead atoms. The molecular weight excluding hydrogens is 156 g/mol. The lowest BCUT2D eigenvalue weighted by atomic mass is 9.95. The van der Waals surface area contributed by atoms with E-state index in [9.17, 15) is 0 Å². The Hall–Kier alpha value is 0. The summed E-state index contributed by atoms with van der Waals surface area (Å²) in [5.41, 5.74) is 2.79. The summed E-state index contributed by atoms with van der Waals surface area (Å²) in [4.78, 5) is 0. The lowest BCUT2D eigenvalue weighted by Gasteiger charge is -2.09. The quantitative estimate of drug-likeness (QED) is 0.570. The summed E-state index contributed by atoms with van der Waals surface area (Å²) < 4.78 is 0. The fourth-order valence-electron chi connectivity index (χ4n) is 4.94. The first-order chi connectivity index (χ1) is 6.24. The Balaban J connectivity index is 1.57. The fourth-order valence-corrected chi connectivity index (χ4v) is 4.94. The van der Waals surface area contributed by atoms with Gasteiger partial charge in [0, 0.05) is 0 Å². The second-order valence-corrected chi connectivity index (χ2v) is 6.59. The summed E-state index contributed by atoms with van der Waals surface area (Å²) in [5, 5.41) is 0. The number of hydrogen-bond donors (Lipinski definition) is 0. The Morgan fingerprint density at radius 2 is 1.77 bits per heavy atom. The Kier molecular flexibility index (Phi) is 0.971. The predicted octanol–water partition coefficient (Wildman–Crippen LogP) is 3.76. The van der Waals surface area contributed by atoms with Gasteiger partial charge in [0.05, 0.1) is 0 Å². The van der Waals surface area contributed by atoms with Crippen molar-refractivity contribution in [3.63, 3.8) is 0 Å². The van der Waals surface area contributed by atoms with Crippen LogP contribution < -0.4 is 0 Å². The van der Waals surface area contributed by atoms with Gasteiger partial charge in [-0.15, -0.1) is 0 Å². The van der Waals surface area contributed by atoms with E-state index >= 15 is 0 Å². The van der Waals surface area contributed by atoms with Gasteiger partial charge in [0.1, 0.15) is 0 Å². The van der Waals surface area contributed by atoms with E-state index in [1.165, 1.54) is 6.42 Å². The molecule has 0 heterocycles. The second kappa shape index (κ2) is 1.73. The van der Waals surface area contributed by atoms with E-state index in [2.05, 4.69) is 6.92 Å². The first-order valence-corrected chi connectivity index (χ1v) is 6.24. The highest BCUT2D eigenvalue weighted by Crippen LogP contribution is 2.88. The maximum Gasteiger partial charge on any atom is -0.0230 e. The highest BCUT2D eigenvalue weighted by Gasteiger charge is 2.78. The van der Waals surface area contributed by atoms with E-state index < -0.39 is 0 Å². The number of rotatable bonds is 1. The van der Waals surface area contributed by atoms with Crippen LogP contribution in [0.3, 0.4) is 0 Å². The fraction of sp³-hybridized carbons (Fsp3) is 1.00. The van der Waals surface area contributed by atoms with Crippen molar-refractivity contribution in [2.45, 2.75) is 58.3 Å². The molecule has 0 nitrogen and oxygen atoms in total. The Bertz CT molecular complexity index is 276. The highest BCUT2D eigenvalue weighted by atomic mass is 14.8. The zero-order valence-electron chi connectivity index (χ0n) is 8.73. The second-order valence-electron chi connectivity index (χ2n) is 6.59. The summed E-state index contributed by atoms with van der Waals surface area (Å²) in [6.45, 7) is 2.39. The molecule has 4 rings (SSSR count). The molecule has 0 aromatic carbocycles. The summed E-state index contributed by atoms with van der Waals surface area (Å²) in [6, 6.07) is 0. The number of fused-ring (bicyclic) bond motifs is 1. The molecule has 0 radical (unpaired) electrons. The van der Waals surface area contributed by atoms with Crippen molar-refractivity contribution in [2.24, 2.45) is 22.2 Å². The maximum absolute atomic E-state index is 2.39. The van der Waals surface area contributed by atoms with E-state index in [1.54, 1.807) is 44.9 Å². The van der Waals surface area contributed by atoms with E-state index in [4.69, 9.17) is 0 Å². The average Bonchev–Trinajstić information content (AvgIpc) is 2.99. The molecule has 4 aliphatic rings. The summed E-state index contributed by atoms with van der Waals surface area (Å²) >= 11 is 0. The molecule has 0 heteroatoms. The minimum absolute atomic E-state index is 0.904. The Labute approximate surface area is 81.1 Å². The molecule has 0 aromatic heterocycles. The predicted molar refractivity (Wildman–Crippen MR) is 53.4 cm³/mol. The van der Waals surface area contributed by atoms with Crippen LogP contribution in [-0.4, -0.2) is 0 Å². The lowest BCUT2D eigenvalue weighted by Crippen LogP contribution is -2.01. The van der Waals surface area contributed by atoms with Crippen LogP contribution in [0.25, 0.3) is 0 Å². The molecule has 0 N–H and O–H groups in total. The van der Waals surface area contributed by atoms with Crippen LogP contribution in [0, 0.1) is 22.2 Å². The van der Waals surface area contributed by atoms with Gasteiger partial charge >= 0.3 is 0 Å². The van der Waals surface area contributed by atoms with Crippen molar-refractivity contribution in [2.75, 3.05) is 0 Å². The van der Waals surface area contributed by atoms with Crippen LogP contribution in [0.15, 0.2) is 0 Å². The minimum Gasteiger partial charge on any atom is -0.0651 e. The SMILES string of the molecule is CCC1CC12CCC1(C2)CC12CC2. The topological polar surface area (TPSA) is 0 Å². The van der Waals surface area contributed by atoms with Crippen molar-refractivity contribution < 1.29 is 0 Å². The first-order valence-electron chi connectivity index (χ1n) is 6.24. The monoisotopic (exact) mass is 176 g/mol. The van der Waals surface area contributed by atoms with E-state index in [-0.39, 0.29) is 0 Å². The van der Waals surface area contributed by atoms with E-state index in [0.717, 1.165) is 22.2 Å².